The van der Waals surface area contributed by atoms with Crippen LogP contribution in [-0.2, 0) is 4.74 Å². The maximum absolute atomic E-state index is 5.67. The molecular formula is C29H49N3O. The van der Waals surface area contributed by atoms with Gasteiger partial charge < -0.3 is 14.5 Å². The molecule has 0 spiro atoms. The largest absolute Gasteiger partial charge is 0.380 e. The van der Waals surface area contributed by atoms with E-state index in [-0.39, 0.29) is 0 Å². The van der Waals surface area contributed by atoms with Crippen molar-refractivity contribution in [3.8, 4) is 0 Å². The fraction of sp³-hybridized carbons (Fsp3) is 0.793. The summed E-state index contributed by atoms with van der Waals surface area (Å²) in [7, 11) is 1.86. The van der Waals surface area contributed by atoms with Crippen molar-refractivity contribution in [1.82, 2.24) is 4.90 Å². The number of ether oxygens (including phenoxy) is 1. The van der Waals surface area contributed by atoms with Crippen LogP contribution in [0.3, 0.4) is 0 Å². The first-order valence-corrected chi connectivity index (χ1v) is 13.6. The molecule has 1 aromatic carbocycles. The molecule has 0 bridgehead atoms. The number of hydrogen-bond donors (Lipinski definition) is 0. The minimum Gasteiger partial charge on any atom is -0.380 e. The number of rotatable bonds is 7. The highest BCUT2D eigenvalue weighted by molar-refractivity contribution is 5.64. The maximum Gasteiger partial charge on any atom is 0.0762 e. The fourth-order valence-electron chi connectivity index (χ4n) is 7.17. The molecule has 2 heterocycles. The van der Waals surface area contributed by atoms with Gasteiger partial charge in [0.15, 0.2) is 0 Å². The molecule has 1 saturated carbocycles. The third-order valence-corrected chi connectivity index (χ3v) is 8.39. The van der Waals surface area contributed by atoms with E-state index >= 15 is 0 Å². The molecule has 1 atom stereocenters. The molecule has 4 heteroatoms. The minimum atomic E-state index is 0.372. The van der Waals surface area contributed by atoms with Gasteiger partial charge >= 0.3 is 0 Å². The Labute approximate surface area is 203 Å². The monoisotopic (exact) mass is 455 g/mol. The van der Waals surface area contributed by atoms with E-state index in [0.717, 1.165) is 32.6 Å². The van der Waals surface area contributed by atoms with Crippen molar-refractivity contribution >= 4 is 11.4 Å². The van der Waals surface area contributed by atoms with E-state index in [1.165, 1.54) is 63.1 Å². The highest BCUT2D eigenvalue weighted by Crippen LogP contribution is 2.53. The molecule has 0 unspecified atom stereocenters. The number of methoxy groups -OCH3 is 1. The first-order valence-electron chi connectivity index (χ1n) is 13.6. The number of benzene rings is 1. The van der Waals surface area contributed by atoms with Crippen LogP contribution in [0.4, 0.5) is 11.4 Å². The van der Waals surface area contributed by atoms with Gasteiger partial charge in [-0.15, -0.1) is 0 Å². The molecule has 0 N–H and O–H groups in total. The number of unbranched alkanes of at least 4 members (excludes halogenated alkanes) is 1. The quantitative estimate of drug-likeness (QED) is 0.490. The first-order chi connectivity index (χ1) is 15.7. The molecule has 186 valence electrons. The summed E-state index contributed by atoms with van der Waals surface area (Å²) in [5.74, 6) is 0.637. The van der Waals surface area contributed by atoms with Crippen molar-refractivity contribution in [2.45, 2.75) is 85.2 Å². The van der Waals surface area contributed by atoms with E-state index < -0.39 is 0 Å². The Bertz CT molecular complexity index is 765. The minimum absolute atomic E-state index is 0.372. The van der Waals surface area contributed by atoms with Crippen LogP contribution < -0.4 is 9.80 Å². The maximum atomic E-state index is 5.67. The van der Waals surface area contributed by atoms with Crippen LogP contribution in [0.5, 0.6) is 0 Å². The first kappa shape index (κ1) is 24.9. The van der Waals surface area contributed by atoms with E-state index in [0.29, 0.717) is 22.9 Å². The zero-order valence-electron chi connectivity index (χ0n) is 22.3. The van der Waals surface area contributed by atoms with Gasteiger partial charge in [-0.25, -0.2) is 0 Å². The van der Waals surface area contributed by atoms with E-state index in [1.54, 1.807) is 5.56 Å². The van der Waals surface area contributed by atoms with Gasteiger partial charge in [0.25, 0.3) is 0 Å². The highest BCUT2D eigenvalue weighted by atomic mass is 16.5. The van der Waals surface area contributed by atoms with E-state index in [4.69, 9.17) is 4.74 Å². The Balaban J connectivity index is 1.61. The third-order valence-electron chi connectivity index (χ3n) is 8.39. The second-order valence-electron chi connectivity index (χ2n) is 12.6. The standard InChI is InChI=1S/C29H49N3O/c1-7-8-12-30-14-16-31(17-15-30)27-10-9-24(32-13-11-25(21-32)33-6)18-26(27)23-19-28(2,3)22-29(4,5)20-23/h9-10,18,23,25H,7-8,11-17,19-22H2,1-6H3/t25-/m0/s1. The normalized spacial score (nSPS) is 26.2. The van der Waals surface area contributed by atoms with Crippen molar-refractivity contribution in [2.24, 2.45) is 10.8 Å². The molecule has 2 saturated heterocycles. The fourth-order valence-corrected chi connectivity index (χ4v) is 7.17. The molecule has 33 heavy (non-hydrogen) atoms. The predicted molar refractivity (Wildman–Crippen MR) is 142 cm³/mol. The molecular weight excluding hydrogens is 406 g/mol. The molecule has 0 radical (unpaired) electrons. The van der Waals surface area contributed by atoms with Crippen LogP contribution in [0.1, 0.15) is 84.6 Å². The van der Waals surface area contributed by atoms with Crippen molar-refractivity contribution in [1.29, 1.82) is 0 Å². The third kappa shape index (κ3) is 6.06. The van der Waals surface area contributed by atoms with Crippen LogP contribution in [-0.4, -0.2) is 63.9 Å². The van der Waals surface area contributed by atoms with Gasteiger partial charge in [-0.3, -0.25) is 4.90 Å². The van der Waals surface area contributed by atoms with E-state index in [2.05, 4.69) is 67.5 Å². The second-order valence-corrected chi connectivity index (χ2v) is 12.6. The summed E-state index contributed by atoms with van der Waals surface area (Å²) >= 11 is 0. The Morgan fingerprint density at radius 3 is 2.24 bits per heavy atom. The van der Waals surface area contributed by atoms with Gasteiger partial charge in [-0.1, -0.05) is 41.0 Å². The van der Waals surface area contributed by atoms with E-state index in [9.17, 15) is 0 Å². The summed E-state index contributed by atoms with van der Waals surface area (Å²) in [6.07, 6.45) is 8.04. The lowest BCUT2D eigenvalue weighted by Gasteiger charge is -2.46. The Kier molecular flexibility index (Phi) is 7.65. The summed E-state index contributed by atoms with van der Waals surface area (Å²) < 4.78 is 5.67. The van der Waals surface area contributed by atoms with Crippen molar-refractivity contribution in [3.05, 3.63) is 23.8 Å². The van der Waals surface area contributed by atoms with Crippen molar-refractivity contribution in [3.63, 3.8) is 0 Å². The summed E-state index contributed by atoms with van der Waals surface area (Å²) in [6.45, 7) is 20.3. The summed E-state index contributed by atoms with van der Waals surface area (Å²) in [6, 6.07) is 7.42. The SMILES string of the molecule is CCCCN1CCN(c2ccc(N3CC[C@H](OC)C3)cc2C2CC(C)(C)CC(C)(C)C2)CC1. The van der Waals surface area contributed by atoms with Gasteiger partial charge in [-0.2, -0.15) is 0 Å². The lowest BCUT2D eigenvalue weighted by Crippen LogP contribution is -2.47. The number of piperazine rings is 1. The van der Waals surface area contributed by atoms with Gasteiger partial charge in [-0.05, 0) is 79.2 Å². The average molecular weight is 456 g/mol. The Morgan fingerprint density at radius 1 is 0.939 bits per heavy atom. The van der Waals surface area contributed by atoms with Crippen LogP contribution >= 0.6 is 0 Å². The van der Waals surface area contributed by atoms with Gasteiger partial charge in [0, 0.05) is 57.8 Å². The molecule has 1 aliphatic carbocycles. The van der Waals surface area contributed by atoms with Crippen molar-refractivity contribution < 1.29 is 4.74 Å². The Hall–Kier alpha value is -1.26. The number of nitrogens with zero attached hydrogens (tertiary/aromatic N) is 3. The van der Waals surface area contributed by atoms with E-state index in [1.807, 2.05) is 7.11 Å². The second kappa shape index (κ2) is 10.2. The Morgan fingerprint density at radius 2 is 1.64 bits per heavy atom. The highest BCUT2D eigenvalue weighted by Gasteiger charge is 2.40. The van der Waals surface area contributed by atoms with Crippen molar-refractivity contribution in [2.75, 3.05) is 62.7 Å². The van der Waals surface area contributed by atoms with Crippen LogP contribution in [0.25, 0.3) is 0 Å². The predicted octanol–water partition coefficient (Wildman–Crippen LogP) is 6.15. The molecule has 0 aromatic heterocycles. The molecule has 0 amide bonds. The lowest BCUT2D eigenvalue weighted by molar-refractivity contribution is 0.0970. The molecule has 3 fully saturated rings. The lowest BCUT2D eigenvalue weighted by atomic mass is 9.60. The topological polar surface area (TPSA) is 19.0 Å². The summed E-state index contributed by atoms with van der Waals surface area (Å²) in [4.78, 5) is 7.90. The zero-order valence-corrected chi connectivity index (χ0v) is 22.3. The molecule has 2 aliphatic heterocycles. The average Bonchev–Trinajstić information content (AvgIpc) is 3.25. The number of hydrogen-bond acceptors (Lipinski definition) is 4. The van der Waals surface area contributed by atoms with Gasteiger partial charge in [0.1, 0.15) is 0 Å². The molecule has 4 rings (SSSR count). The zero-order chi connectivity index (χ0) is 23.6. The molecule has 4 nitrogen and oxygen atoms in total. The van der Waals surface area contributed by atoms with Crippen LogP contribution in [0.2, 0.25) is 0 Å². The van der Waals surface area contributed by atoms with Crippen LogP contribution in [0.15, 0.2) is 18.2 Å². The smallest absolute Gasteiger partial charge is 0.0762 e. The molecule has 1 aromatic rings. The van der Waals surface area contributed by atoms with Gasteiger partial charge in [0.05, 0.1) is 6.10 Å². The number of anilines is 2. The van der Waals surface area contributed by atoms with Crippen LogP contribution in [0, 0.1) is 10.8 Å². The van der Waals surface area contributed by atoms with Gasteiger partial charge in [0.2, 0.25) is 0 Å². The summed E-state index contributed by atoms with van der Waals surface area (Å²) in [5, 5.41) is 0. The summed E-state index contributed by atoms with van der Waals surface area (Å²) in [5.41, 5.74) is 5.31. The molecule has 3 aliphatic rings.